The standard InChI is InChI=1S/C62H41N3S/c1-62(2)54-22-11-10-19-49(54)50-33-31-45(36-55(50)62)61-64-59(43-29-23-39(24-30-43)38-13-4-3-5-14-38)63-60(65-61)44-32-34-56-53(35-44)58-51-20-9-8-18-48(51)52(37-57(58)66-56)42-27-25-41(26-28-42)47-21-12-16-40-15-6-7-17-46(40)47/h3-37H,1-2H3. The van der Waals surface area contributed by atoms with Crippen molar-refractivity contribution in [2.24, 2.45) is 0 Å². The molecule has 310 valence electrons. The summed E-state index contributed by atoms with van der Waals surface area (Å²) in [6.07, 6.45) is 0. The summed E-state index contributed by atoms with van der Waals surface area (Å²) in [5.41, 5.74) is 15.2. The third-order valence-corrected chi connectivity index (χ3v) is 14.9. The Bertz CT molecular complexity index is 3880. The SMILES string of the molecule is CC1(C)c2ccccc2-c2ccc(-c3nc(-c4ccc(-c5ccccc5)cc4)nc(-c4ccc5sc6cc(-c7ccc(-c8cccc9ccccc89)cc7)c7ccccc7c6c5c4)n3)cc21. The van der Waals surface area contributed by atoms with Crippen LogP contribution in [0.3, 0.4) is 0 Å². The zero-order chi connectivity index (χ0) is 43.9. The van der Waals surface area contributed by atoms with Crippen LogP contribution in [0.2, 0.25) is 0 Å². The van der Waals surface area contributed by atoms with E-state index >= 15 is 0 Å². The van der Waals surface area contributed by atoms with Crippen LogP contribution in [0.5, 0.6) is 0 Å². The predicted octanol–water partition coefficient (Wildman–Crippen LogP) is 16.9. The molecule has 66 heavy (non-hydrogen) atoms. The summed E-state index contributed by atoms with van der Waals surface area (Å²) < 4.78 is 2.49. The molecule has 12 aromatic rings. The van der Waals surface area contributed by atoms with Gasteiger partial charge in [-0.25, -0.2) is 15.0 Å². The monoisotopic (exact) mass is 859 g/mol. The van der Waals surface area contributed by atoms with Crippen molar-refractivity contribution in [2.45, 2.75) is 19.3 Å². The second-order valence-corrected chi connectivity index (χ2v) is 19.0. The smallest absolute Gasteiger partial charge is 0.164 e. The van der Waals surface area contributed by atoms with E-state index in [1.165, 1.54) is 91.8 Å². The van der Waals surface area contributed by atoms with Crippen LogP contribution in [0, 0.1) is 0 Å². The fraction of sp³-hybridized carbons (Fsp3) is 0.0484. The van der Waals surface area contributed by atoms with Crippen LogP contribution in [0.1, 0.15) is 25.0 Å². The first-order valence-electron chi connectivity index (χ1n) is 22.6. The molecule has 1 aliphatic carbocycles. The van der Waals surface area contributed by atoms with Gasteiger partial charge in [-0.1, -0.05) is 196 Å². The Kier molecular flexibility index (Phi) is 8.74. The first-order valence-corrected chi connectivity index (χ1v) is 23.4. The molecule has 0 unspecified atom stereocenters. The third-order valence-electron chi connectivity index (χ3n) is 13.8. The largest absolute Gasteiger partial charge is 0.208 e. The molecule has 2 heterocycles. The minimum atomic E-state index is -0.150. The van der Waals surface area contributed by atoms with Gasteiger partial charge >= 0.3 is 0 Å². The highest BCUT2D eigenvalue weighted by atomic mass is 32.1. The van der Waals surface area contributed by atoms with Crippen LogP contribution < -0.4 is 0 Å². The molecular formula is C62H41N3S. The molecule has 0 spiro atoms. The normalized spacial score (nSPS) is 12.8. The topological polar surface area (TPSA) is 38.7 Å². The Morgan fingerprint density at radius 2 is 0.848 bits per heavy atom. The van der Waals surface area contributed by atoms with Gasteiger partial charge in [0.2, 0.25) is 0 Å². The van der Waals surface area contributed by atoms with Crippen LogP contribution in [0.25, 0.3) is 120 Å². The Morgan fingerprint density at radius 1 is 0.318 bits per heavy atom. The molecule has 0 radical (unpaired) electrons. The molecule has 0 aliphatic heterocycles. The average molecular weight is 860 g/mol. The number of rotatable bonds is 6. The zero-order valence-corrected chi connectivity index (χ0v) is 37.3. The van der Waals surface area contributed by atoms with Gasteiger partial charge in [0.15, 0.2) is 17.5 Å². The van der Waals surface area contributed by atoms with E-state index in [0.29, 0.717) is 17.5 Å². The maximum absolute atomic E-state index is 5.30. The van der Waals surface area contributed by atoms with Gasteiger partial charge in [-0.3, -0.25) is 0 Å². The summed E-state index contributed by atoms with van der Waals surface area (Å²) in [6, 6.07) is 76.8. The summed E-state index contributed by atoms with van der Waals surface area (Å²) in [5, 5.41) is 7.46. The van der Waals surface area contributed by atoms with E-state index in [2.05, 4.69) is 220 Å². The van der Waals surface area contributed by atoms with Gasteiger partial charge in [0, 0.05) is 42.3 Å². The molecule has 0 saturated heterocycles. The number of nitrogens with zero attached hydrogens (tertiary/aromatic N) is 3. The van der Waals surface area contributed by atoms with E-state index < -0.39 is 0 Å². The zero-order valence-electron chi connectivity index (χ0n) is 36.5. The highest BCUT2D eigenvalue weighted by Gasteiger charge is 2.35. The van der Waals surface area contributed by atoms with Crippen LogP contribution in [-0.4, -0.2) is 15.0 Å². The molecule has 0 saturated carbocycles. The number of hydrogen-bond donors (Lipinski definition) is 0. The molecule has 0 N–H and O–H groups in total. The van der Waals surface area contributed by atoms with Crippen LogP contribution in [0.15, 0.2) is 212 Å². The Hall–Kier alpha value is -8.05. The second-order valence-electron chi connectivity index (χ2n) is 17.9. The van der Waals surface area contributed by atoms with E-state index in [9.17, 15) is 0 Å². The van der Waals surface area contributed by atoms with E-state index in [1.807, 2.05) is 17.4 Å². The van der Waals surface area contributed by atoms with Gasteiger partial charge in [0.05, 0.1) is 0 Å². The van der Waals surface area contributed by atoms with Crippen molar-refractivity contribution in [1.82, 2.24) is 15.0 Å². The van der Waals surface area contributed by atoms with Gasteiger partial charge in [-0.15, -0.1) is 11.3 Å². The van der Waals surface area contributed by atoms with E-state index in [4.69, 9.17) is 15.0 Å². The number of aromatic nitrogens is 3. The fourth-order valence-electron chi connectivity index (χ4n) is 10.4. The van der Waals surface area contributed by atoms with E-state index in [0.717, 1.165) is 22.3 Å². The third kappa shape index (κ3) is 6.21. The van der Waals surface area contributed by atoms with Crippen molar-refractivity contribution < 1.29 is 0 Å². The summed E-state index contributed by atoms with van der Waals surface area (Å²) in [7, 11) is 0. The predicted molar refractivity (Wildman–Crippen MR) is 278 cm³/mol. The number of benzene rings is 10. The number of fused-ring (bicyclic) bond motifs is 9. The summed E-state index contributed by atoms with van der Waals surface area (Å²) in [4.78, 5) is 15.8. The molecule has 0 bridgehead atoms. The summed E-state index contributed by atoms with van der Waals surface area (Å²) >= 11 is 1.84. The minimum absolute atomic E-state index is 0.150. The number of hydrogen-bond acceptors (Lipinski definition) is 4. The lowest BCUT2D eigenvalue weighted by Crippen LogP contribution is -2.15. The van der Waals surface area contributed by atoms with Crippen LogP contribution >= 0.6 is 11.3 Å². The minimum Gasteiger partial charge on any atom is -0.208 e. The molecule has 0 amide bonds. The maximum atomic E-state index is 5.30. The maximum Gasteiger partial charge on any atom is 0.164 e. The molecule has 0 fully saturated rings. The highest BCUT2D eigenvalue weighted by Crippen LogP contribution is 2.50. The van der Waals surface area contributed by atoms with Crippen LogP contribution in [-0.2, 0) is 5.41 Å². The molecule has 3 nitrogen and oxygen atoms in total. The Balaban J connectivity index is 0.939. The van der Waals surface area contributed by atoms with Crippen molar-refractivity contribution in [2.75, 3.05) is 0 Å². The van der Waals surface area contributed by atoms with E-state index in [1.54, 1.807) is 0 Å². The van der Waals surface area contributed by atoms with Gasteiger partial charge in [0.1, 0.15) is 0 Å². The van der Waals surface area contributed by atoms with Crippen molar-refractivity contribution in [3.63, 3.8) is 0 Å². The molecule has 10 aromatic carbocycles. The van der Waals surface area contributed by atoms with Crippen molar-refractivity contribution >= 4 is 53.1 Å². The van der Waals surface area contributed by atoms with Gasteiger partial charge < -0.3 is 0 Å². The number of thiophene rings is 1. The quantitative estimate of drug-likeness (QED) is 0.167. The average Bonchev–Trinajstić information content (AvgIpc) is 3.87. The lowest BCUT2D eigenvalue weighted by Gasteiger charge is -2.21. The molecule has 13 rings (SSSR count). The lowest BCUT2D eigenvalue weighted by atomic mass is 9.82. The lowest BCUT2D eigenvalue weighted by molar-refractivity contribution is 0.660. The van der Waals surface area contributed by atoms with Gasteiger partial charge in [0.25, 0.3) is 0 Å². The van der Waals surface area contributed by atoms with Gasteiger partial charge in [-0.2, -0.15) is 0 Å². The molecule has 1 aliphatic rings. The summed E-state index contributed by atoms with van der Waals surface area (Å²) in [5.74, 6) is 1.96. The second kappa shape index (κ2) is 15.0. The van der Waals surface area contributed by atoms with Gasteiger partial charge in [-0.05, 0) is 108 Å². The Labute approximate surface area is 387 Å². The first-order chi connectivity index (χ1) is 32.4. The molecule has 0 atom stereocenters. The van der Waals surface area contributed by atoms with Crippen LogP contribution in [0.4, 0.5) is 0 Å². The first kappa shape index (κ1) is 38.4. The molecular weight excluding hydrogens is 819 g/mol. The Morgan fingerprint density at radius 3 is 1.64 bits per heavy atom. The molecule has 2 aromatic heterocycles. The van der Waals surface area contributed by atoms with Crippen molar-refractivity contribution in [1.29, 1.82) is 0 Å². The van der Waals surface area contributed by atoms with E-state index in [-0.39, 0.29) is 5.41 Å². The molecule has 4 heteroatoms. The summed E-state index contributed by atoms with van der Waals surface area (Å²) in [6.45, 7) is 4.63. The highest BCUT2D eigenvalue weighted by molar-refractivity contribution is 7.26. The fourth-order valence-corrected chi connectivity index (χ4v) is 11.5. The van der Waals surface area contributed by atoms with Crippen molar-refractivity contribution in [3.8, 4) is 78.7 Å². The van der Waals surface area contributed by atoms with Crippen molar-refractivity contribution in [3.05, 3.63) is 223 Å².